The molecule has 1 fully saturated rings. The van der Waals surface area contributed by atoms with Gasteiger partial charge in [0.2, 0.25) is 5.91 Å². The lowest BCUT2D eigenvalue weighted by molar-refractivity contribution is -0.133. The molecule has 0 saturated carbocycles. The number of likely N-dealkylation sites (N-methyl/N-ethyl adjacent to an activating group) is 1. The van der Waals surface area contributed by atoms with Gasteiger partial charge in [-0.15, -0.1) is 0 Å². The minimum absolute atomic E-state index is 0.362. The predicted molar refractivity (Wildman–Crippen MR) is 75.5 cm³/mol. The van der Waals surface area contributed by atoms with Gasteiger partial charge >= 0.3 is 0 Å². The number of nitrogens with zero attached hydrogens (tertiary/aromatic N) is 2. The normalized spacial score (nSPS) is 21.6. The molecule has 0 radical (unpaired) electrons. The van der Waals surface area contributed by atoms with Crippen LogP contribution in [0.3, 0.4) is 0 Å². The second kappa shape index (κ2) is 7.98. The molecule has 1 unspecified atom stereocenters. The van der Waals surface area contributed by atoms with Crippen molar-refractivity contribution in [2.45, 2.75) is 38.6 Å². The third-order valence-corrected chi connectivity index (χ3v) is 4.28. The van der Waals surface area contributed by atoms with Gasteiger partial charge in [-0.05, 0) is 32.7 Å². The molecule has 17 heavy (non-hydrogen) atoms. The fourth-order valence-electron chi connectivity index (χ4n) is 2.20. The van der Waals surface area contributed by atoms with Crippen LogP contribution in [0.15, 0.2) is 0 Å². The molecule has 0 bridgehead atoms. The lowest BCUT2D eigenvalue weighted by atomic mass is 10.2. The zero-order chi connectivity index (χ0) is 12.7. The Kier molecular flexibility index (Phi) is 6.97. The van der Waals surface area contributed by atoms with Gasteiger partial charge in [0.25, 0.3) is 0 Å². The molecule has 1 aliphatic rings. The summed E-state index contributed by atoms with van der Waals surface area (Å²) >= 11 is 1.99. The Morgan fingerprint density at radius 3 is 2.88 bits per heavy atom. The zero-order valence-corrected chi connectivity index (χ0v) is 12.3. The molecule has 1 heterocycles. The molecule has 0 aromatic carbocycles. The van der Waals surface area contributed by atoms with Gasteiger partial charge in [0.05, 0.1) is 6.04 Å². The Morgan fingerprint density at radius 1 is 1.47 bits per heavy atom. The van der Waals surface area contributed by atoms with Crippen molar-refractivity contribution < 1.29 is 4.79 Å². The average molecular weight is 258 g/mol. The number of hydrogen-bond acceptors (Lipinski definition) is 3. The van der Waals surface area contributed by atoms with Crippen molar-refractivity contribution in [1.29, 1.82) is 0 Å². The second-order valence-corrected chi connectivity index (χ2v) is 6.19. The van der Waals surface area contributed by atoms with E-state index in [1.54, 1.807) is 0 Å². The van der Waals surface area contributed by atoms with Gasteiger partial charge in [0, 0.05) is 25.3 Å². The van der Waals surface area contributed by atoms with E-state index in [1.807, 2.05) is 11.8 Å². The van der Waals surface area contributed by atoms with Crippen LogP contribution >= 0.6 is 11.8 Å². The molecular weight excluding hydrogens is 232 g/mol. The minimum Gasteiger partial charge on any atom is -0.338 e. The molecule has 1 amide bonds. The summed E-state index contributed by atoms with van der Waals surface area (Å²) in [6.45, 7) is 4.09. The van der Waals surface area contributed by atoms with E-state index >= 15 is 0 Å². The maximum absolute atomic E-state index is 12.2. The molecule has 0 aliphatic carbocycles. The van der Waals surface area contributed by atoms with E-state index in [-0.39, 0.29) is 0 Å². The number of carbonyl (C=O) groups is 1. The Morgan fingerprint density at radius 2 is 2.24 bits per heavy atom. The summed E-state index contributed by atoms with van der Waals surface area (Å²) in [6.07, 6.45) is 4.00. The number of thioether (sulfide) groups is 1. The van der Waals surface area contributed by atoms with E-state index < -0.39 is 0 Å². The van der Waals surface area contributed by atoms with Crippen LogP contribution in [0.2, 0.25) is 0 Å². The third kappa shape index (κ3) is 5.30. The van der Waals surface area contributed by atoms with E-state index in [0.29, 0.717) is 11.9 Å². The van der Waals surface area contributed by atoms with Crippen LogP contribution in [0, 0.1) is 0 Å². The van der Waals surface area contributed by atoms with Gasteiger partial charge in [-0.1, -0.05) is 13.3 Å². The van der Waals surface area contributed by atoms with Crippen molar-refractivity contribution in [3.05, 3.63) is 0 Å². The first-order valence-corrected chi connectivity index (χ1v) is 7.82. The van der Waals surface area contributed by atoms with E-state index in [0.717, 1.165) is 44.5 Å². The molecule has 1 saturated heterocycles. The third-order valence-electron chi connectivity index (χ3n) is 3.08. The van der Waals surface area contributed by atoms with Crippen molar-refractivity contribution >= 4 is 17.7 Å². The van der Waals surface area contributed by atoms with Crippen molar-refractivity contribution in [3.8, 4) is 0 Å². The van der Waals surface area contributed by atoms with Crippen LogP contribution in [-0.4, -0.2) is 60.4 Å². The van der Waals surface area contributed by atoms with Gasteiger partial charge in [-0.3, -0.25) is 4.79 Å². The van der Waals surface area contributed by atoms with Gasteiger partial charge in [0.1, 0.15) is 0 Å². The highest BCUT2D eigenvalue weighted by molar-refractivity contribution is 7.99. The molecule has 1 rings (SSSR count). The summed E-state index contributed by atoms with van der Waals surface area (Å²) in [5, 5.41) is 0. The van der Waals surface area contributed by atoms with Crippen molar-refractivity contribution in [3.63, 3.8) is 0 Å². The first-order valence-electron chi connectivity index (χ1n) is 6.67. The van der Waals surface area contributed by atoms with Gasteiger partial charge in [-0.25, -0.2) is 0 Å². The predicted octanol–water partition coefficient (Wildman–Crippen LogP) is 2.07. The van der Waals surface area contributed by atoms with E-state index in [4.69, 9.17) is 0 Å². The maximum atomic E-state index is 12.2. The molecule has 0 spiro atoms. The highest BCUT2D eigenvalue weighted by Crippen LogP contribution is 2.18. The Labute approximate surface area is 110 Å². The highest BCUT2D eigenvalue weighted by atomic mass is 32.2. The lowest BCUT2D eigenvalue weighted by Crippen LogP contribution is -2.46. The minimum atomic E-state index is 0.362. The topological polar surface area (TPSA) is 23.6 Å². The summed E-state index contributed by atoms with van der Waals surface area (Å²) in [4.78, 5) is 16.5. The van der Waals surface area contributed by atoms with Crippen LogP contribution in [0.25, 0.3) is 0 Å². The Balaban J connectivity index is 2.57. The fourth-order valence-corrected chi connectivity index (χ4v) is 3.26. The monoisotopic (exact) mass is 258 g/mol. The molecule has 4 heteroatoms. The lowest BCUT2D eigenvalue weighted by Gasteiger charge is -2.31. The van der Waals surface area contributed by atoms with Gasteiger partial charge in [-0.2, -0.15) is 11.8 Å². The summed E-state index contributed by atoms with van der Waals surface area (Å²) in [6, 6.07) is 0.404. The van der Waals surface area contributed by atoms with Crippen LogP contribution < -0.4 is 0 Å². The molecule has 0 aromatic rings. The Hall–Kier alpha value is -0.220. The largest absolute Gasteiger partial charge is 0.338 e. The molecule has 100 valence electrons. The maximum Gasteiger partial charge on any atom is 0.222 e. The van der Waals surface area contributed by atoms with Gasteiger partial charge < -0.3 is 9.80 Å². The molecular formula is C13H26N2OS. The fraction of sp³-hybridized carbons (Fsp3) is 0.923. The number of rotatable bonds is 5. The summed E-state index contributed by atoms with van der Waals surface area (Å²) < 4.78 is 0. The first kappa shape index (κ1) is 14.8. The summed E-state index contributed by atoms with van der Waals surface area (Å²) in [5.41, 5.74) is 0. The number of carbonyl (C=O) groups excluding carboxylic acids is 1. The van der Waals surface area contributed by atoms with Crippen LogP contribution in [0.4, 0.5) is 0 Å². The number of unbranched alkanes of at least 4 members (excludes halogenated alkanes) is 1. The standard InChI is InChI=1S/C13H26N2OS/c1-4-5-7-13(16)15-8-6-9-17-11-12(15)10-14(2)3/h12H,4-11H2,1-3H3. The van der Waals surface area contributed by atoms with Crippen LogP contribution in [0.1, 0.15) is 32.6 Å². The molecule has 3 nitrogen and oxygen atoms in total. The summed E-state index contributed by atoms with van der Waals surface area (Å²) in [7, 11) is 4.18. The highest BCUT2D eigenvalue weighted by Gasteiger charge is 2.25. The van der Waals surface area contributed by atoms with Crippen LogP contribution in [-0.2, 0) is 4.79 Å². The average Bonchev–Trinajstić information content (AvgIpc) is 2.50. The molecule has 0 aromatic heterocycles. The van der Waals surface area contributed by atoms with Gasteiger partial charge in [0.15, 0.2) is 0 Å². The first-order chi connectivity index (χ1) is 8.15. The summed E-state index contributed by atoms with van der Waals surface area (Å²) in [5.74, 6) is 2.65. The smallest absolute Gasteiger partial charge is 0.222 e. The zero-order valence-electron chi connectivity index (χ0n) is 11.4. The van der Waals surface area contributed by atoms with Crippen LogP contribution in [0.5, 0.6) is 0 Å². The SMILES string of the molecule is CCCCC(=O)N1CCCSCC1CN(C)C. The van der Waals surface area contributed by atoms with E-state index in [1.165, 1.54) is 5.75 Å². The molecule has 1 aliphatic heterocycles. The molecule has 0 N–H and O–H groups in total. The quantitative estimate of drug-likeness (QED) is 0.754. The molecule has 1 atom stereocenters. The van der Waals surface area contributed by atoms with Crippen molar-refractivity contribution in [2.75, 3.05) is 38.7 Å². The van der Waals surface area contributed by atoms with E-state index in [2.05, 4.69) is 30.8 Å². The number of amides is 1. The second-order valence-electron chi connectivity index (χ2n) is 5.04. The Bertz CT molecular complexity index is 233. The van der Waals surface area contributed by atoms with E-state index in [9.17, 15) is 4.79 Å². The van der Waals surface area contributed by atoms with Crippen molar-refractivity contribution in [2.24, 2.45) is 0 Å². The number of hydrogen-bond donors (Lipinski definition) is 0. The van der Waals surface area contributed by atoms with Crippen molar-refractivity contribution in [1.82, 2.24) is 9.80 Å².